The first-order chi connectivity index (χ1) is 36.0. The monoisotopic (exact) mass is 1030 g/mol. The van der Waals surface area contributed by atoms with Gasteiger partial charge in [-0.2, -0.15) is 5.10 Å². The molecule has 75 heavy (non-hydrogen) atoms. The highest BCUT2D eigenvalue weighted by atomic mass is 32.1. The molecule has 3 atom stereocenters. The molecule has 4 amide bonds. The van der Waals surface area contributed by atoms with E-state index < -0.39 is 17.5 Å². The lowest BCUT2D eigenvalue weighted by atomic mass is 9.88. The van der Waals surface area contributed by atoms with E-state index in [2.05, 4.69) is 48.8 Å². The molecule has 0 saturated carbocycles. The van der Waals surface area contributed by atoms with Gasteiger partial charge in [0, 0.05) is 54.8 Å². The SMILES string of the molecule is Cc1cc(OCCC[C@H]2CCN(CC(=O)Nc3ccc4c(C5CCC(=O)NC5=O)nn(C)c4c3)[C@@H](C)C2)ccc1-c1ccc(N2CCc3cccc(C(=O)Nc4nc5ccccc5s4)c3C2)nc1C(=O)OC(C)(C)C. The number of ether oxygens (including phenoxy) is 2. The maximum Gasteiger partial charge on any atom is 0.358 e. The third kappa shape index (κ3) is 11.4. The molecule has 3 aliphatic heterocycles. The first kappa shape index (κ1) is 51.0. The summed E-state index contributed by atoms with van der Waals surface area (Å²) in [4.78, 5) is 79.3. The molecule has 388 valence electrons. The average molecular weight is 1030 g/mol. The third-order valence-electron chi connectivity index (χ3n) is 14.5. The number of piperidine rings is 2. The predicted molar refractivity (Wildman–Crippen MR) is 291 cm³/mol. The van der Waals surface area contributed by atoms with Gasteiger partial charge < -0.3 is 19.7 Å². The molecule has 0 radical (unpaired) electrons. The molecule has 0 aliphatic carbocycles. The Morgan fingerprint density at radius 3 is 2.51 bits per heavy atom. The number of aryl methyl sites for hydroxylation is 2. The molecule has 3 aliphatic rings. The second-order valence-corrected chi connectivity index (χ2v) is 22.1. The van der Waals surface area contributed by atoms with Crippen LogP contribution >= 0.6 is 11.3 Å². The summed E-state index contributed by atoms with van der Waals surface area (Å²) in [5.74, 6) is 0.000374. The van der Waals surface area contributed by atoms with Crippen molar-refractivity contribution in [1.82, 2.24) is 30.0 Å². The highest BCUT2D eigenvalue weighted by molar-refractivity contribution is 7.22. The van der Waals surface area contributed by atoms with E-state index in [9.17, 15) is 24.0 Å². The molecule has 4 aromatic carbocycles. The van der Waals surface area contributed by atoms with Gasteiger partial charge in [-0.1, -0.05) is 41.7 Å². The van der Waals surface area contributed by atoms with E-state index in [1.54, 1.807) is 4.68 Å². The third-order valence-corrected chi connectivity index (χ3v) is 15.5. The van der Waals surface area contributed by atoms with Gasteiger partial charge in [0.1, 0.15) is 17.2 Å². The number of aromatic nitrogens is 4. The quantitative estimate of drug-likeness (QED) is 0.0532. The predicted octanol–water partition coefficient (Wildman–Crippen LogP) is 9.74. The lowest BCUT2D eigenvalue weighted by molar-refractivity contribution is -0.134. The molecule has 17 heteroatoms. The Balaban J connectivity index is 0.731. The van der Waals surface area contributed by atoms with Crippen molar-refractivity contribution in [2.75, 3.05) is 41.8 Å². The normalized spacial score (nSPS) is 18.2. The van der Waals surface area contributed by atoms with Crippen LogP contribution in [0.25, 0.3) is 32.2 Å². The first-order valence-electron chi connectivity index (χ1n) is 25.9. The number of esters is 1. The molecule has 6 heterocycles. The fraction of sp³-hybridized carbons (Fsp3) is 0.379. The van der Waals surface area contributed by atoms with Gasteiger partial charge in [-0.15, -0.1) is 0 Å². The average Bonchev–Trinajstić information content (AvgIpc) is 3.96. The van der Waals surface area contributed by atoms with Crippen LogP contribution in [0.3, 0.4) is 0 Å². The van der Waals surface area contributed by atoms with Crippen molar-refractivity contribution in [2.45, 2.75) is 104 Å². The summed E-state index contributed by atoms with van der Waals surface area (Å²) in [6.07, 6.45) is 5.31. The highest BCUT2D eigenvalue weighted by Gasteiger charge is 2.33. The van der Waals surface area contributed by atoms with Gasteiger partial charge in [-0.25, -0.2) is 14.8 Å². The molecule has 0 bridgehead atoms. The van der Waals surface area contributed by atoms with E-state index in [0.29, 0.717) is 78.5 Å². The van der Waals surface area contributed by atoms with Gasteiger partial charge in [-0.05, 0) is 169 Å². The maximum atomic E-state index is 14.0. The smallest absolute Gasteiger partial charge is 0.358 e. The molecule has 0 spiro atoms. The Morgan fingerprint density at radius 1 is 0.893 bits per heavy atom. The van der Waals surface area contributed by atoms with Crippen molar-refractivity contribution in [1.29, 1.82) is 0 Å². The fourth-order valence-electron chi connectivity index (χ4n) is 10.8. The second-order valence-electron chi connectivity index (χ2n) is 21.1. The van der Waals surface area contributed by atoms with Gasteiger partial charge in [0.15, 0.2) is 10.8 Å². The van der Waals surface area contributed by atoms with Crippen molar-refractivity contribution in [3.05, 3.63) is 125 Å². The number of imide groups is 1. The zero-order valence-electron chi connectivity index (χ0n) is 43.3. The van der Waals surface area contributed by atoms with Crippen LogP contribution in [0.1, 0.15) is 115 Å². The van der Waals surface area contributed by atoms with Crippen molar-refractivity contribution in [3.8, 4) is 16.9 Å². The topological polar surface area (TPSA) is 190 Å². The van der Waals surface area contributed by atoms with E-state index in [0.717, 1.165) is 81.4 Å². The highest BCUT2D eigenvalue weighted by Crippen LogP contribution is 2.36. The number of amides is 4. The van der Waals surface area contributed by atoms with Crippen LogP contribution in [-0.2, 0) is 39.1 Å². The molecule has 16 nitrogen and oxygen atoms in total. The molecule has 2 saturated heterocycles. The Bertz CT molecular complexity index is 3330. The minimum atomic E-state index is -0.742. The lowest BCUT2D eigenvalue weighted by Crippen LogP contribution is -2.44. The summed E-state index contributed by atoms with van der Waals surface area (Å²) >= 11 is 1.44. The zero-order valence-corrected chi connectivity index (χ0v) is 44.1. The van der Waals surface area contributed by atoms with Crippen LogP contribution < -0.4 is 25.6 Å². The van der Waals surface area contributed by atoms with E-state index in [1.807, 2.05) is 120 Å². The summed E-state index contributed by atoms with van der Waals surface area (Å²) in [5, 5.41) is 14.5. The number of likely N-dealkylation sites (tertiary alicyclic amines) is 1. The summed E-state index contributed by atoms with van der Waals surface area (Å²) in [5.41, 5.74) is 7.47. The van der Waals surface area contributed by atoms with Crippen LogP contribution in [-0.4, -0.2) is 92.1 Å². The Labute approximate surface area is 440 Å². The Morgan fingerprint density at radius 2 is 1.72 bits per heavy atom. The van der Waals surface area contributed by atoms with Crippen molar-refractivity contribution >= 4 is 78.7 Å². The zero-order chi connectivity index (χ0) is 52.5. The van der Waals surface area contributed by atoms with Crippen molar-refractivity contribution in [2.24, 2.45) is 13.0 Å². The number of carbonyl (C=O) groups excluding carboxylic acids is 5. The molecule has 3 N–H and O–H groups in total. The van der Waals surface area contributed by atoms with E-state index in [4.69, 9.17) is 14.5 Å². The Kier molecular flexibility index (Phi) is 14.5. The summed E-state index contributed by atoms with van der Waals surface area (Å²) in [6, 6.07) is 29.3. The molecular formula is C58H63N9O7S. The molecule has 1 unspecified atom stereocenters. The molecule has 10 rings (SSSR count). The largest absolute Gasteiger partial charge is 0.494 e. The van der Waals surface area contributed by atoms with Crippen LogP contribution in [0.4, 0.5) is 16.6 Å². The van der Waals surface area contributed by atoms with Crippen molar-refractivity contribution < 1.29 is 33.4 Å². The van der Waals surface area contributed by atoms with Crippen LogP contribution in [0.5, 0.6) is 5.75 Å². The van der Waals surface area contributed by atoms with Gasteiger partial charge >= 0.3 is 5.97 Å². The fourth-order valence-corrected chi connectivity index (χ4v) is 11.6. The number of pyridine rings is 1. The lowest BCUT2D eigenvalue weighted by Gasteiger charge is -2.37. The van der Waals surface area contributed by atoms with Crippen LogP contribution in [0, 0.1) is 12.8 Å². The number of nitrogens with zero attached hydrogens (tertiary/aromatic N) is 6. The van der Waals surface area contributed by atoms with E-state index in [1.165, 1.54) is 11.3 Å². The number of carbonyl (C=O) groups is 5. The number of hydrogen-bond acceptors (Lipinski definition) is 13. The number of thiazole rings is 1. The number of anilines is 3. The number of fused-ring (bicyclic) bond motifs is 3. The first-order valence-corrected chi connectivity index (χ1v) is 26.7. The van der Waals surface area contributed by atoms with E-state index >= 15 is 0 Å². The second kappa shape index (κ2) is 21.4. The number of nitrogens with one attached hydrogen (secondary N) is 3. The standard InChI is InChI=1S/C58H63N9O7S/c1-34-29-39(73-28-10-11-36-24-26-66(35(2)30-36)33-51(69)59-38-16-18-43-47(31-38)65(6)64-52(43)44-21-23-50(68)62-55(44)71)17-19-40(34)41-20-22-49(61-53(41)56(72)74-58(3,4)5)67-27-25-37-12-9-13-42(45(37)32-67)54(70)63-57-60-46-14-7-8-15-48(46)75-57/h7-9,12-20,22,29,31,35-36,44H,10-11,21,23-28,30,32-33H2,1-6H3,(H,59,69)(H,60,63,70)(H,62,68,71)/t35-,36-,44?/m0/s1. The number of para-hydroxylation sites is 1. The minimum absolute atomic E-state index is 0.0831. The number of benzene rings is 4. The molecule has 7 aromatic rings. The van der Waals surface area contributed by atoms with Crippen LogP contribution in [0.15, 0.2) is 91.0 Å². The molecule has 3 aromatic heterocycles. The van der Waals surface area contributed by atoms with E-state index in [-0.39, 0.29) is 41.8 Å². The molecular weight excluding hydrogens is 967 g/mol. The summed E-state index contributed by atoms with van der Waals surface area (Å²) < 4.78 is 15.0. The number of rotatable bonds is 14. The van der Waals surface area contributed by atoms with Gasteiger partial charge in [0.05, 0.1) is 40.5 Å². The van der Waals surface area contributed by atoms with Crippen LogP contribution in [0.2, 0.25) is 0 Å². The van der Waals surface area contributed by atoms with Crippen molar-refractivity contribution in [3.63, 3.8) is 0 Å². The Hall–Kier alpha value is -7.50. The van der Waals surface area contributed by atoms with Gasteiger partial charge in [0.2, 0.25) is 17.7 Å². The summed E-state index contributed by atoms with van der Waals surface area (Å²) in [7, 11) is 1.81. The van der Waals surface area contributed by atoms with Gasteiger partial charge in [0.25, 0.3) is 5.91 Å². The summed E-state index contributed by atoms with van der Waals surface area (Å²) in [6.45, 7) is 12.5. The minimum Gasteiger partial charge on any atom is -0.494 e. The van der Waals surface area contributed by atoms with Gasteiger partial charge in [-0.3, -0.25) is 39.4 Å². The molecule has 2 fully saturated rings. The number of hydrogen-bond donors (Lipinski definition) is 3. The maximum absolute atomic E-state index is 14.0.